The number of furan rings is 1. The van der Waals surface area contributed by atoms with Gasteiger partial charge in [-0.15, -0.1) is 0 Å². The van der Waals surface area contributed by atoms with Crippen molar-refractivity contribution >= 4 is 87.4 Å². The van der Waals surface area contributed by atoms with Crippen LogP contribution in [0.5, 0.6) is 0 Å². The molecule has 0 aliphatic heterocycles. The van der Waals surface area contributed by atoms with E-state index in [1.165, 1.54) is 21.5 Å². The fourth-order valence-corrected chi connectivity index (χ4v) is 11.1. The van der Waals surface area contributed by atoms with Crippen molar-refractivity contribution in [3.05, 3.63) is 231 Å². The fourth-order valence-electron chi connectivity index (χ4n) is 11.1. The van der Waals surface area contributed by atoms with Crippen LogP contribution in [0.3, 0.4) is 0 Å². The van der Waals surface area contributed by atoms with Gasteiger partial charge < -0.3 is 18.1 Å². The highest BCUT2D eigenvalue weighted by molar-refractivity contribution is 6.19. The zero-order valence-corrected chi connectivity index (χ0v) is 37.5. The maximum Gasteiger partial charge on any atom is 0.164 e. The van der Waals surface area contributed by atoms with Crippen LogP contribution in [0.2, 0.25) is 0 Å². The highest BCUT2D eigenvalue weighted by Gasteiger charge is 2.24. The van der Waals surface area contributed by atoms with Crippen LogP contribution < -0.4 is 0 Å². The Morgan fingerprint density at radius 3 is 1.40 bits per heavy atom. The molecule has 10 aromatic carbocycles. The smallest absolute Gasteiger partial charge is 0.164 e. The summed E-state index contributed by atoms with van der Waals surface area (Å²) in [7, 11) is 0. The van der Waals surface area contributed by atoms with E-state index in [-0.39, 0.29) is 0 Å². The SMILES string of the molecule is c1ccc(-c2nc(-c3cccc(-n4c5cccc(-n6c7ccccc7c7ccccc76)c5c5cccc(-n6c7ccccc7c7ccccc76)c54)c3)nc(-c3ccc4oc5ccccc5c4c3)n2)cc1. The van der Waals surface area contributed by atoms with E-state index in [2.05, 4.69) is 196 Å². The lowest BCUT2D eigenvalue weighted by atomic mass is 10.1. The van der Waals surface area contributed by atoms with Crippen LogP contribution in [0.15, 0.2) is 235 Å². The van der Waals surface area contributed by atoms with E-state index in [9.17, 15) is 0 Å². The van der Waals surface area contributed by atoms with Gasteiger partial charge in [0, 0.05) is 65.5 Å². The number of fused-ring (bicyclic) bond motifs is 12. The van der Waals surface area contributed by atoms with Crippen molar-refractivity contribution in [2.75, 3.05) is 0 Å². The molecule has 0 unspecified atom stereocenters. The highest BCUT2D eigenvalue weighted by atomic mass is 16.3. The molecule has 7 nitrogen and oxygen atoms in total. The van der Waals surface area contributed by atoms with Crippen molar-refractivity contribution in [2.24, 2.45) is 0 Å². The molecule has 5 heterocycles. The molecule has 70 heavy (non-hydrogen) atoms. The Labute approximate surface area is 400 Å². The van der Waals surface area contributed by atoms with Gasteiger partial charge in [-0.1, -0.05) is 152 Å². The maximum absolute atomic E-state index is 6.22. The first-order valence-electron chi connectivity index (χ1n) is 23.6. The number of rotatable bonds is 6. The Balaban J connectivity index is 1.01. The van der Waals surface area contributed by atoms with Gasteiger partial charge in [0.2, 0.25) is 0 Å². The normalized spacial score (nSPS) is 12.0. The van der Waals surface area contributed by atoms with E-state index in [4.69, 9.17) is 19.4 Å². The quantitative estimate of drug-likeness (QED) is 0.167. The monoisotopic (exact) mass is 894 g/mol. The van der Waals surface area contributed by atoms with Crippen molar-refractivity contribution in [1.82, 2.24) is 28.7 Å². The summed E-state index contributed by atoms with van der Waals surface area (Å²) in [6, 6.07) is 81.6. The first-order valence-corrected chi connectivity index (χ1v) is 23.6. The first kappa shape index (κ1) is 38.5. The molecule has 0 saturated carbocycles. The lowest BCUT2D eigenvalue weighted by Gasteiger charge is -2.15. The third kappa shape index (κ3) is 5.66. The standard InChI is InChI=1S/C63H38N6O/c1-2-17-39(18-3-1)61-64-62(66-63(65-61)41-35-36-58-49(38-41)47-25-8-13-34-57(47)70-58)40-19-14-20-42(37-40)67-54-31-16-32-55(68-50-27-9-4-21-43(50)44-22-5-10-28-51(44)68)59(54)48-26-15-33-56(60(48)67)69-52-29-11-6-23-45(52)46-24-7-12-30-53(46)69/h1-38H. The summed E-state index contributed by atoms with van der Waals surface area (Å²) in [5.41, 5.74) is 14.3. The van der Waals surface area contributed by atoms with E-state index < -0.39 is 0 Å². The van der Waals surface area contributed by atoms with Gasteiger partial charge in [0.1, 0.15) is 11.2 Å². The van der Waals surface area contributed by atoms with Crippen LogP contribution in [-0.4, -0.2) is 28.7 Å². The number of benzene rings is 10. The molecule has 0 aliphatic rings. The van der Waals surface area contributed by atoms with Crippen LogP contribution in [0.4, 0.5) is 0 Å². The van der Waals surface area contributed by atoms with Crippen molar-refractivity contribution in [3.8, 4) is 51.2 Å². The molecule has 7 heteroatoms. The van der Waals surface area contributed by atoms with Gasteiger partial charge in [-0.2, -0.15) is 0 Å². The minimum absolute atomic E-state index is 0.581. The third-order valence-corrected chi connectivity index (χ3v) is 14.1. The molecular weight excluding hydrogens is 857 g/mol. The topological polar surface area (TPSA) is 66.6 Å². The van der Waals surface area contributed by atoms with Crippen molar-refractivity contribution in [1.29, 1.82) is 0 Å². The van der Waals surface area contributed by atoms with E-state index in [1.54, 1.807) is 0 Å². The van der Waals surface area contributed by atoms with Crippen molar-refractivity contribution in [2.45, 2.75) is 0 Å². The Kier molecular flexibility index (Phi) is 8.23. The molecule has 0 amide bonds. The number of nitrogens with zero attached hydrogens (tertiary/aromatic N) is 6. The number of para-hydroxylation sites is 6. The lowest BCUT2D eigenvalue weighted by Crippen LogP contribution is -2.02. The molecule has 0 aliphatic carbocycles. The molecule has 0 atom stereocenters. The third-order valence-electron chi connectivity index (χ3n) is 14.1. The van der Waals surface area contributed by atoms with Gasteiger partial charge in [0.05, 0.1) is 44.5 Å². The summed E-state index contributed by atoms with van der Waals surface area (Å²) < 4.78 is 13.6. The lowest BCUT2D eigenvalue weighted by molar-refractivity contribution is 0.669. The molecule has 15 aromatic rings. The van der Waals surface area contributed by atoms with Crippen LogP contribution in [-0.2, 0) is 0 Å². The van der Waals surface area contributed by atoms with Crippen LogP contribution in [0, 0.1) is 0 Å². The number of hydrogen-bond donors (Lipinski definition) is 0. The zero-order chi connectivity index (χ0) is 45.9. The maximum atomic E-state index is 6.22. The van der Waals surface area contributed by atoms with Gasteiger partial charge in [0.15, 0.2) is 17.5 Å². The van der Waals surface area contributed by atoms with Gasteiger partial charge in [-0.3, -0.25) is 0 Å². The number of hydrogen-bond acceptors (Lipinski definition) is 4. The van der Waals surface area contributed by atoms with E-state index in [0.717, 1.165) is 99.6 Å². The molecule has 0 fully saturated rings. The summed E-state index contributed by atoms with van der Waals surface area (Å²) in [5.74, 6) is 1.77. The predicted molar refractivity (Wildman–Crippen MR) is 286 cm³/mol. The van der Waals surface area contributed by atoms with Crippen molar-refractivity contribution in [3.63, 3.8) is 0 Å². The largest absolute Gasteiger partial charge is 0.456 e. The summed E-state index contributed by atoms with van der Waals surface area (Å²) >= 11 is 0. The first-order chi connectivity index (χ1) is 34.7. The molecule has 0 bridgehead atoms. The molecule has 0 spiro atoms. The molecule has 5 aromatic heterocycles. The molecule has 15 rings (SSSR count). The average molecular weight is 895 g/mol. The van der Waals surface area contributed by atoms with Crippen molar-refractivity contribution < 1.29 is 4.42 Å². The second-order valence-electron chi connectivity index (χ2n) is 18.0. The van der Waals surface area contributed by atoms with E-state index in [1.807, 2.05) is 48.5 Å². The second kappa shape index (κ2) is 15.0. The van der Waals surface area contributed by atoms with E-state index >= 15 is 0 Å². The minimum atomic E-state index is 0.581. The Hall–Kier alpha value is -9.59. The van der Waals surface area contributed by atoms with Gasteiger partial charge in [-0.25, -0.2) is 15.0 Å². The number of aromatic nitrogens is 6. The van der Waals surface area contributed by atoms with Crippen LogP contribution >= 0.6 is 0 Å². The van der Waals surface area contributed by atoms with Crippen LogP contribution in [0.1, 0.15) is 0 Å². The predicted octanol–water partition coefficient (Wildman–Crippen LogP) is 16.1. The zero-order valence-electron chi connectivity index (χ0n) is 37.5. The molecular formula is C63H38N6O. The average Bonchev–Trinajstić information content (AvgIpc) is 4.18. The highest BCUT2D eigenvalue weighted by Crippen LogP contribution is 2.44. The molecule has 0 saturated heterocycles. The van der Waals surface area contributed by atoms with Gasteiger partial charge in [0.25, 0.3) is 0 Å². The molecule has 0 N–H and O–H groups in total. The minimum Gasteiger partial charge on any atom is -0.456 e. The summed E-state index contributed by atoms with van der Waals surface area (Å²) in [4.78, 5) is 15.6. The second-order valence-corrected chi connectivity index (χ2v) is 18.0. The Morgan fingerprint density at radius 2 is 0.743 bits per heavy atom. The van der Waals surface area contributed by atoms with E-state index in [0.29, 0.717) is 17.5 Å². The Bertz CT molecular complexity index is 4500. The molecule has 0 radical (unpaired) electrons. The van der Waals surface area contributed by atoms with Gasteiger partial charge >= 0.3 is 0 Å². The summed E-state index contributed by atoms with van der Waals surface area (Å²) in [6.45, 7) is 0. The summed E-state index contributed by atoms with van der Waals surface area (Å²) in [6.07, 6.45) is 0. The molecule has 326 valence electrons. The van der Waals surface area contributed by atoms with Gasteiger partial charge in [-0.05, 0) is 78.9 Å². The Morgan fingerprint density at radius 1 is 0.286 bits per heavy atom. The fraction of sp³-hybridized carbons (Fsp3) is 0. The summed E-state index contributed by atoms with van der Waals surface area (Å²) in [5, 5.41) is 9.25. The van der Waals surface area contributed by atoms with Crippen LogP contribution in [0.25, 0.3) is 139 Å².